The van der Waals surface area contributed by atoms with E-state index >= 15 is 0 Å². The summed E-state index contributed by atoms with van der Waals surface area (Å²) in [6, 6.07) is 5.14. The molecule has 0 spiro atoms. The number of hydrogen-bond donors (Lipinski definition) is 2. The molecule has 0 unspecified atom stereocenters. The van der Waals surface area contributed by atoms with Crippen molar-refractivity contribution in [2.45, 2.75) is 6.42 Å². The molecule has 0 saturated carbocycles. The van der Waals surface area contributed by atoms with E-state index in [0.717, 1.165) is 0 Å². The maximum atomic E-state index is 11.1. The van der Waals surface area contributed by atoms with Crippen LogP contribution in [0.5, 0.6) is 11.5 Å². The number of methoxy groups -OCH3 is 2. The van der Waals surface area contributed by atoms with Crippen molar-refractivity contribution in [1.82, 2.24) is 9.97 Å². The highest BCUT2D eigenvalue weighted by molar-refractivity contribution is 5.58. The summed E-state index contributed by atoms with van der Waals surface area (Å²) >= 11 is 0. The van der Waals surface area contributed by atoms with Gasteiger partial charge in [0.05, 0.1) is 19.1 Å². The Morgan fingerprint density at radius 1 is 1.14 bits per heavy atom. The first-order valence-electron chi connectivity index (χ1n) is 6.22. The molecular formula is C13H15N5O4. The van der Waals surface area contributed by atoms with E-state index in [0.29, 0.717) is 17.1 Å². The summed E-state index contributed by atoms with van der Waals surface area (Å²) in [5, 5.41) is 11.1. The highest BCUT2D eigenvalue weighted by atomic mass is 16.6. The first-order chi connectivity index (χ1) is 10.4. The Balaban J connectivity index is 2.49. The number of rotatable bonds is 5. The summed E-state index contributed by atoms with van der Waals surface area (Å²) in [6.45, 7) is 0. The van der Waals surface area contributed by atoms with Crippen molar-refractivity contribution in [2.75, 3.05) is 25.7 Å². The number of aromatic nitrogens is 2. The van der Waals surface area contributed by atoms with Gasteiger partial charge in [0.25, 0.3) is 0 Å². The molecule has 0 aliphatic heterocycles. The molecule has 9 heteroatoms. The van der Waals surface area contributed by atoms with Gasteiger partial charge in [-0.2, -0.15) is 4.98 Å². The summed E-state index contributed by atoms with van der Waals surface area (Å²) < 4.78 is 10.3. The molecule has 0 fully saturated rings. The molecule has 1 heterocycles. The average Bonchev–Trinajstić information content (AvgIpc) is 2.45. The van der Waals surface area contributed by atoms with Gasteiger partial charge in [-0.1, -0.05) is 0 Å². The van der Waals surface area contributed by atoms with Gasteiger partial charge >= 0.3 is 5.69 Å². The van der Waals surface area contributed by atoms with Crippen LogP contribution in [0.4, 0.5) is 17.5 Å². The molecule has 2 rings (SSSR count). The van der Waals surface area contributed by atoms with Crippen LogP contribution in [0.2, 0.25) is 0 Å². The monoisotopic (exact) mass is 305 g/mol. The molecule has 0 amide bonds. The first kappa shape index (κ1) is 15.3. The Kier molecular flexibility index (Phi) is 4.25. The molecule has 0 saturated heterocycles. The van der Waals surface area contributed by atoms with Gasteiger partial charge in [0.2, 0.25) is 11.8 Å². The zero-order valence-corrected chi connectivity index (χ0v) is 12.1. The lowest BCUT2D eigenvalue weighted by atomic mass is 10.1. The Morgan fingerprint density at radius 2 is 1.73 bits per heavy atom. The van der Waals surface area contributed by atoms with Crippen LogP contribution in [0, 0.1) is 10.1 Å². The van der Waals surface area contributed by atoms with Crippen LogP contribution in [-0.2, 0) is 6.42 Å². The van der Waals surface area contributed by atoms with E-state index < -0.39 is 4.92 Å². The van der Waals surface area contributed by atoms with Crippen LogP contribution in [0.25, 0.3) is 0 Å². The third-order valence-corrected chi connectivity index (χ3v) is 2.97. The SMILES string of the molecule is COc1cc(Cc2nc(N)nc(N)c2[N+](=O)[O-])cc(OC)c1. The highest BCUT2D eigenvalue weighted by Crippen LogP contribution is 2.29. The van der Waals surface area contributed by atoms with E-state index in [-0.39, 0.29) is 29.6 Å². The van der Waals surface area contributed by atoms with Crippen molar-refractivity contribution < 1.29 is 14.4 Å². The highest BCUT2D eigenvalue weighted by Gasteiger charge is 2.22. The molecule has 0 aliphatic carbocycles. The van der Waals surface area contributed by atoms with E-state index in [4.69, 9.17) is 20.9 Å². The number of anilines is 2. The average molecular weight is 305 g/mol. The van der Waals surface area contributed by atoms with Crippen LogP contribution in [-0.4, -0.2) is 29.1 Å². The molecule has 9 nitrogen and oxygen atoms in total. The lowest BCUT2D eigenvalue weighted by Gasteiger charge is -2.09. The number of nitrogens with zero attached hydrogens (tertiary/aromatic N) is 3. The maximum Gasteiger partial charge on any atom is 0.332 e. The molecule has 2 aromatic rings. The molecule has 0 bridgehead atoms. The fraction of sp³-hybridized carbons (Fsp3) is 0.231. The molecule has 1 aromatic carbocycles. The predicted molar refractivity (Wildman–Crippen MR) is 79.9 cm³/mol. The van der Waals surface area contributed by atoms with Crippen molar-refractivity contribution >= 4 is 17.5 Å². The minimum atomic E-state index is -0.624. The van der Waals surface area contributed by atoms with Crippen LogP contribution in [0.15, 0.2) is 18.2 Å². The predicted octanol–water partition coefficient (Wildman–Crippen LogP) is 1.16. The normalized spacial score (nSPS) is 10.3. The second kappa shape index (κ2) is 6.12. The van der Waals surface area contributed by atoms with E-state index in [2.05, 4.69) is 9.97 Å². The van der Waals surface area contributed by atoms with Crippen molar-refractivity contribution in [3.8, 4) is 11.5 Å². The van der Waals surface area contributed by atoms with Gasteiger partial charge < -0.3 is 20.9 Å². The van der Waals surface area contributed by atoms with Crippen molar-refractivity contribution in [3.63, 3.8) is 0 Å². The number of nitro groups is 1. The standard InChI is InChI=1S/C13H15N5O4/c1-21-8-3-7(4-9(6-8)22-2)5-10-11(18(19)20)12(14)17-13(15)16-10/h3-4,6H,5H2,1-2H3,(H4,14,15,16,17). The van der Waals surface area contributed by atoms with Gasteiger partial charge in [-0.05, 0) is 17.7 Å². The zero-order valence-electron chi connectivity index (χ0n) is 12.1. The Labute approximate surface area is 126 Å². The molecule has 1 aromatic heterocycles. The van der Waals surface area contributed by atoms with Gasteiger partial charge in [-0.15, -0.1) is 0 Å². The number of nitrogens with two attached hydrogens (primary N) is 2. The Bertz CT molecular complexity index is 698. The Morgan fingerprint density at radius 3 is 2.23 bits per heavy atom. The fourth-order valence-electron chi connectivity index (χ4n) is 2.02. The number of hydrogen-bond acceptors (Lipinski definition) is 8. The molecule has 0 atom stereocenters. The van der Waals surface area contributed by atoms with Crippen molar-refractivity contribution in [3.05, 3.63) is 39.6 Å². The van der Waals surface area contributed by atoms with Crippen LogP contribution >= 0.6 is 0 Å². The summed E-state index contributed by atoms with van der Waals surface area (Å²) in [7, 11) is 3.03. The third-order valence-electron chi connectivity index (χ3n) is 2.97. The summed E-state index contributed by atoms with van der Waals surface area (Å²) in [5.41, 5.74) is 11.6. The second-order valence-corrected chi connectivity index (χ2v) is 4.42. The molecule has 116 valence electrons. The quantitative estimate of drug-likeness (QED) is 0.619. The molecule has 4 N–H and O–H groups in total. The first-order valence-corrected chi connectivity index (χ1v) is 6.22. The van der Waals surface area contributed by atoms with Gasteiger partial charge in [-0.25, -0.2) is 4.98 Å². The number of benzene rings is 1. The zero-order chi connectivity index (χ0) is 16.3. The third kappa shape index (κ3) is 3.14. The van der Waals surface area contributed by atoms with Crippen LogP contribution in [0.3, 0.4) is 0 Å². The minimum Gasteiger partial charge on any atom is -0.497 e. The smallest absolute Gasteiger partial charge is 0.332 e. The largest absolute Gasteiger partial charge is 0.497 e. The van der Waals surface area contributed by atoms with Crippen molar-refractivity contribution in [1.29, 1.82) is 0 Å². The van der Waals surface area contributed by atoms with E-state index in [1.54, 1.807) is 18.2 Å². The number of nitrogen functional groups attached to an aromatic ring is 2. The van der Waals surface area contributed by atoms with Gasteiger partial charge in [-0.3, -0.25) is 10.1 Å². The van der Waals surface area contributed by atoms with Crippen LogP contribution in [0.1, 0.15) is 11.3 Å². The lowest BCUT2D eigenvalue weighted by Crippen LogP contribution is -2.09. The Hall–Kier alpha value is -3.10. The molecular weight excluding hydrogens is 290 g/mol. The van der Waals surface area contributed by atoms with E-state index in [1.807, 2.05) is 0 Å². The summed E-state index contributed by atoms with van der Waals surface area (Å²) in [6.07, 6.45) is 0.140. The van der Waals surface area contributed by atoms with E-state index in [1.165, 1.54) is 14.2 Å². The van der Waals surface area contributed by atoms with Gasteiger partial charge in [0.15, 0.2) is 0 Å². The summed E-state index contributed by atoms with van der Waals surface area (Å²) in [4.78, 5) is 18.1. The maximum absolute atomic E-state index is 11.1. The van der Waals surface area contributed by atoms with Crippen molar-refractivity contribution in [2.24, 2.45) is 0 Å². The van der Waals surface area contributed by atoms with Gasteiger partial charge in [0, 0.05) is 12.5 Å². The molecule has 22 heavy (non-hydrogen) atoms. The topological polar surface area (TPSA) is 139 Å². The second-order valence-electron chi connectivity index (χ2n) is 4.42. The fourth-order valence-corrected chi connectivity index (χ4v) is 2.02. The van der Waals surface area contributed by atoms with E-state index in [9.17, 15) is 10.1 Å². The number of ether oxygens (including phenoxy) is 2. The van der Waals surface area contributed by atoms with Gasteiger partial charge in [0.1, 0.15) is 17.2 Å². The lowest BCUT2D eigenvalue weighted by molar-refractivity contribution is -0.385. The summed E-state index contributed by atoms with van der Waals surface area (Å²) in [5.74, 6) is 0.745. The minimum absolute atomic E-state index is 0.118. The van der Waals surface area contributed by atoms with Crippen LogP contribution < -0.4 is 20.9 Å². The molecule has 0 radical (unpaired) electrons. The molecule has 0 aliphatic rings.